The number of rotatable bonds is 6. The summed E-state index contributed by atoms with van der Waals surface area (Å²) in [6.07, 6.45) is 0. The first-order valence-electron chi connectivity index (χ1n) is 6.46. The molecule has 1 aromatic carbocycles. The number of nitrogens with zero attached hydrogens (tertiary/aromatic N) is 1. The summed E-state index contributed by atoms with van der Waals surface area (Å²) in [7, 11) is 0.0744. The van der Waals surface area contributed by atoms with Gasteiger partial charge >= 0.3 is 0 Å². The second-order valence-electron chi connectivity index (χ2n) is 4.94. The van der Waals surface area contributed by atoms with Crippen molar-refractivity contribution in [3.8, 4) is 0 Å². The molecule has 120 valence electrons. The van der Waals surface area contributed by atoms with E-state index in [0.717, 1.165) is 16.9 Å². The standard InChI is InChI=1S/C14H16ClFN2O2S2/c1-18(2)12(10-3-5-11(16)6-4-10)9-17-22(19,20)14-8-7-13(15)21-14/h3-8,12,17H,9H2,1-2H3/t12-/m0/s1. The Bertz CT molecular complexity index is 730. The fourth-order valence-corrected chi connectivity index (χ4v) is 4.55. The van der Waals surface area contributed by atoms with E-state index in [9.17, 15) is 12.8 Å². The minimum atomic E-state index is -3.60. The van der Waals surface area contributed by atoms with Crippen molar-refractivity contribution in [2.45, 2.75) is 10.3 Å². The Labute approximate surface area is 138 Å². The first-order chi connectivity index (χ1) is 10.3. The summed E-state index contributed by atoms with van der Waals surface area (Å²) < 4.78 is 40.6. The van der Waals surface area contributed by atoms with Gasteiger partial charge in [-0.1, -0.05) is 23.7 Å². The monoisotopic (exact) mass is 362 g/mol. The van der Waals surface area contributed by atoms with Gasteiger partial charge in [0.1, 0.15) is 10.0 Å². The molecule has 1 N–H and O–H groups in total. The van der Waals surface area contributed by atoms with Crippen LogP contribution in [0.25, 0.3) is 0 Å². The van der Waals surface area contributed by atoms with E-state index in [1.54, 1.807) is 18.2 Å². The van der Waals surface area contributed by atoms with Crippen molar-refractivity contribution in [1.82, 2.24) is 9.62 Å². The highest BCUT2D eigenvalue weighted by molar-refractivity contribution is 7.91. The number of thiophene rings is 1. The van der Waals surface area contributed by atoms with Crippen molar-refractivity contribution in [3.05, 3.63) is 52.1 Å². The van der Waals surface area contributed by atoms with Crippen molar-refractivity contribution in [1.29, 1.82) is 0 Å². The number of hydrogen-bond acceptors (Lipinski definition) is 4. The maximum absolute atomic E-state index is 13.0. The van der Waals surface area contributed by atoms with Crippen molar-refractivity contribution >= 4 is 33.0 Å². The predicted octanol–water partition coefficient (Wildman–Crippen LogP) is 3.12. The first kappa shape index (κ1) is 17.4. The fourth-order valence-electron chi connectivity index (χ4n) is 1.99. The highest BCUT2D eigenvalue weighted by atomic mass is 35.5. The smallest absolute Gasteiger partial charge is 0.250 e. The Hall–Kier alpha value is -0.990. The average Bonchev–Trinajstić information content (AvgIpc) is 2.88. The Balaban J connectivity index is 2.14. The predicted molar refractivity (Wildman–Crippen MR) is 87.3 cm³/mol. The van der Waals surface area contributed by atoms with Crippen LogP contribution in [0.5, 0.6) is 0 Å². The number of halogens is 2. The van der Waals surface area contributed by atoms with Gasteiger partial charge in [0.2, 0.25) is 10.0 Å². The quantitative estimate of drug-likeness (QED) is 0.858. The van der Waals surface area contributed by atoms with Gasteiger partial charge in [-0.3, -0.25) is 0 Å². The lowest BCUT2D eigenvalue weighted by Gasteiger charge is -2.25. The van der Waals surface area contributed by atoms with Crippen molar-refractivity contribution in [3.63, 3.8) is 0 Å². The molecule has 0 fully saturated rings. The first-order valence-corrected chi connectivity index (χ1v) is 9.14. The summed E-state index contributed by atoms with van der Waals surface area (Å²) in [5.74, 6) is -0.324. The van der Waals surface area contributed by atoms with Crippen LogP contribution in [-0.4, -0.2) is 34.0 Å². The zero-order chi connectivity index (χ0) is 16.3. The molecular formula is C14H16ClFN2O2S2. The maximum atomic E-state index is 13.0. The number of sulfonamides is 1. The van der Waals surface area contributed by atoms with Gasteiger partial charge in [0.25, 0.3) is 0 Å². The van der Waals surface area contributed by atoms with E-state index >= 15 is 0 Å². The zero-order valence-electron chi connectivity index (χ0n) is 12.1. The van der Waals surface area contributed by atoms with Gasteiger partial charge in [0.15, 0.2) is 0 Å². The molecule has 4 nitrogen and oxygen atoms in total. The summed E-state index contributed by atoms with van der Waals surface area (Å²) in [6.45, 7) is 0.177. The molecule has 0 aliphatic heterocycles. The molecule has 8 heteroatoms. The van der Waals surface area contributed by atoms with Crippen LogP contribution < -0.4 is 4.72 Å². The van der Waals surface area contributed by atoms with E-state index in [-0.39, 0.29) is 22.6 Å². The lowest BCUT2D eigenvalue weighted by Crippen LogP contribution is -2.34. The lowest BCUT2D eigenvalue weighted by atomic mass is 10.1. The third-order valence-corrected chi connectivity index (χ3v) is 6.30. The zero-order valence-corrected chi connectivity index (χ0v) is 14.5. The molecule has 1 heterocycles. The topological polar surface area (TPSA) is 49.4 Å². The van der Waals surface area contributed by atoms with E-state index in [2.05, 4.69) is 4.72 Å². The summed E-state index contributed by atoms with van der Waals surface area (Å²) >= 11 is 6.78. The lowest BCUT2D eigenvalue weighted by molar-refractivity contribution is 0.299. The molecule has 0 aliphatic rings. The van der Waals surface area contributed by atoms with Crippen molar-refractivity contribution < 1.29 is 12.8 Å². The van der Waals surface area contributed by atoms with Crippen LogP contribution >= 0.6 is 22.9 Å². The van der Waals surface area contributed by atoms with Gasteiger partial charge in [-0.2, -0.15) is 0 Å². The average molecular weight is 363 g/mol. The molecule has 2 aromatic rings. The Kier molecular flexibility index (Phi) is 5.57. The summed E-state index contributed by atoms with van der Waals surface area (Å²) in [6, 6.07) is 8.83. The highest BCUT2D eigenvalue weighted by Crippen LogP contribution is 2.26. The molecule has 0 saturated carbocycles. The normalized spacial score (nSPS) is 13.5. The second kappa shape index (κ2) is 7.06. The molecular weight excluding hydrogens is 347 g/mol. The Morgan fingerprint density at radius 2 is 1.86 bits per heavy atom. The molecule has 1 aromatic heterocycles. The van der Waals surface area contributed by atoms with E-state index < -0.39 is 10.0 Å². The third-order valence-electron chi connectivity index (χ3n) is 3.16. The molecule has 0 aliphatic carbocycles. The van der Waals surface area contributed by atoms with Gasteiger partial charge in [0.05, 0.1) is 4.34 Å². The van der Waals surface area contributed by atoms with E-state index in [1.165, 1.54) is 18.2 Å². The van der Waals surface area contributed by atoms with E-state index in [1.807, 2.05) is 19.0 Å². The van der Waals surface area contributed by atoms with Gasteiger partial charge in [0, 0.05) is 12.6 Å². The summed E-state index contributed by atoms with van der Waals surface area (Å²) in [5.41, 5.74) is 0.832. The van der Waals surface area contributed by atoms with Gasteiger partial charge in [-0.15, -0.1) is 11.3 Å². The molecule has 0 radical (unpaired) electrons. The van der Waals surface area contributed by atoms with E-state index in [4.69, 9.17) is 11.6 Å². The Morgan fingerprint density at radius 1 is 1.23 bits per heavy atom. The molecule has 0 amide bonds. The molecule has 22 heavy (non-hydrogen) atoms. The number of likely N-dealkylation sites (N-methyl/N-ethyl adjacent to an activating group) is 1. The van der Waals surface area contributed by atoms with Gasteiger partial charge in [-0.05, 0) is 43.9 Å². The molecule has 2 rings (SSSR count). The highest BCUT2D eigenvalue weighted by Gasteiger charge is 2.21. The van der Waals surface area contributed by atoms with E-state index in [0.29, 0.717) is 4.34 Å². The summed E-state index contributed by atoms with van der Waals surface area (Å²) in [4.78, 5) is 1.87. The van der Waals surface area contributed by atoms with Crippen LogP contribution in [0.2, 0.25) is 4.34 Å². The molecule has 0 unspecified atom stereocenters. The van der Waals surface area contributed by atoms with Crippen molar-refractivity contribution in [2.24, 2.45) is 0 Å². The van der Waals surface area contributed by atoms with Crippen molar-refractivity contribution in [2.75, 3.05) is 20.6 Å². The second-order valence-corrected chi connectivity index (χ2v) is 8.65. The molecule has 0 saturated heterocycles. The molecule has 0 bridgehead atoms. The third kappa shape index (κ3) is 4.27. The van der Waals surface area contributed by atoms with Crippen LogP contribution in [0.15, 0.2) is 40.6 Å². The number of hydrogen-bond donors (Lipinski definition) is 1. The minimum Gasteiger partial charge on any atom is -0.301 e. The number of nitrogens with one attached hydrogen (secondary N) is 1. The maximum Gasteiger partial charge on any atom is 0.250 e. The molecule has 1 atom stereocenters. The summed E-state index contributed by atoms with van der Waals surface area (Å²) in [5, 5.41) is 0. The van der Waals surface area contributed by atoms with Gasteiger partial charge in [-0.25, -0.2) is 17.5 Å². The van der Waals surface area contributed by atoms with Gasteiger partial charge < -0.3 is 4.90 Å². The van der Waals surface area contributed by atoms with Crippen LogP contribution in [0.4, 0.5) is 4.39 Å². The van der Waals surface area contributed by atoms with Crippen LogP contribution in [0.1, 0.15) is 11.6 Å². The number of benzene rings is 1. The largest absolute Gasteiger partial charge is 0.301 e. The van der Waals surface area contributed by atoms with Crippen LogP contribution in [0, 0.1) is 5.82 Å². The fraction of sp³-hybridized carbons (Fsp3) is 0.286. The Morgan fingerprint density at radius 3 is 2.36 bits per heavy atom. The van der Waals surface area contributed by atoms with Crippen LogP contribution in [-0.2, 0) is 10.0 Å². The van der Waals surface area contributed by atoms with Crippen LogP contribution in [0.3, 0.4) is 0 Å². The minimum absolute atomic E-state index is 0.175. The molecule has 0 spiro atoms. The SMILES string of the molecule is CN(C)[C@@H](CNS(=O)(=O)c1ccc(Cl)s1)c1ccc(F)cc1.